The lowest BCUT2D eigenvalue weighted by molar-refractivity contribution is -0.138. The van der Waals surface area contributed by atoms with Crippen LogP contribution in [0, 0.1) is 5.41 Å². The normalized spacial score (nSPS) is 36.2. The molecule has 3 atom stereocenters. The molecule has 3 unspecified atom stereocenters. The van der Waals surface area contributed by atoms with Crippen molar-refractivity contribution >= 4 is 11.8 Å². The molecule has 17 heavy (non-hydrogen) atoms. The van der Waals surface area contributed by atoms with Crippen LogP contribution in [0.2, 0.25) is 0 Å². The van der Waals surface area contributed by atoms with Gasteiger partial charge < -0.3 is 10.1 Å². The average molecular weight is 240 g/mol. The maximum atomic E-state index is 11.8. The molecule has 1 heterocycles. The number of methoxy groups -OCH3 is 1. The first-order valence-corrected chi connectivity index (χ1v) is 5.97. The van der Waals surface area contributed by atoms with Gasteiger partial charge in [-0.25, -0.2) is 0 Å². The van der Waals surface area contributed by atoms with E-state index in [2.05, 4.69) is 19.2 Å². The molecule has 5 heteroatoms. The maximum absolute atomic E-state index is 11.8. The van der Waals surface area contributed by atoms with Gasteiger partial charge in [-0.1, -0.05) is 13.8 Å². The lowest BCUT2D eigenvalue weighted by atomic mass is 9.64. The molecule has 2 rings (SSSR count). The number of carbonyl (C=O) groups excluding carboxylic acids is 2. The van der Waals surface area contributed by atoms with Crippen molar-refractivity contribution in [1.82, 2.24) is 10.2 Å². The van der Waals surface area contributed by atoms with Gasteiger partial charge in [-0.05, 0) is 6.42 Å². The number of hydrogen-bond acceptors (Lipinski definition) is 4. The summed E-state index contributed by atoms with van der Waals surface area (Å²) in [4.78, 5) is 24.4. The number of nitrogens with one attached hydrogen (secondary N) is 1. The molecule has 1 N–H and O–H groups in total. The van der Waals surface area contributed by atoms with E-state index in [9.17, 15) is 9.59 Å². The number of likely N-dealkylation sites (tertiary alicyclic amines) is 1. The quantitative estimate of drug-likeness (QED) is 0.713. The van der Waals surface area contributed by atoms with Crippen molar-refractivity contribution in [3.05, 3.63) is 0 Å². The van der Waals surface area contributed by atoms with Crippen LogP contribution in [0.4, 0.5) is 0 Å². The molecule has 0 aromatic heterocycles. The Morgan fingerprint density at radius 2 is 2.06 bits per heavy atom. The number of likely N-dealkylation sites (N-methyl/N-ethyl adjacent to an activating group) is 1. The van der Waals surface area contributed by atoms with E-state index >= 15 is 0 Å². The number of hydrogen-bond donors (Lipinski definition) is 1. The summed E-state index contributed by atoms with van der Waals surface area (Å²) >= 11 is 0. The highest BCUT2D eigenvalue weighted by Crippen LogP contribution is 2.42. The summed E-state index contributed by atoms with van der Waals surface area (Å²) < 4.78 is 5.36. The summed E-state index contributed by atoms with van der Waals surface area (Å²) in [7, 11) is 3.25. The molecule has 2 aliphatic rings. The number of imide groups is 1. The largest absolute Gasteiger partial charge is 0.381 e. The molecule has 1 aliphatic heterocycles. The molecule has 0 aromatic carbocycles. The Bertz CT molecular complexity index is 354. The molecule has 1 saturated carbocycles. The van der Waals surface area contributed by atoms with Crippen molar-refractivity contribution in [1.29, 1.82) is 0 Å². The maximum Gasteiger partial charge on any atom is 0.246 e. The van der Waals surface area contributed by atoms with Crippen LogP contribution in [-0.4, -0.2) is 49.1 Å². The molecule has 1 aliphatic carbocycles. The second-order valence-corrected chi connectivity index (χ2v) is 5.55. The third-order valence-electron chi connectivity index (χ3n) is 4.25. The molecule has 0 bridgehead atoms. The van der Waals surface area contributed by atoms with Crippen LogP contribution in [0.25, 0.3) is 0 Å². The van der Waals surface area contributed by atoms with Crippen molar-refractivity contribution in [2.45, 2.75) is 44.9 Å². The summed E-state index contributed by atoms with van der Waals surface area (Å²) in [5.74, 6) is -0.223. The fourth-order valence-electron chi connectivity index (χ4n) is 2.70. The highest BCUT2D eigenvalue weighted by molar-refractivity contribution is 6.05. The molecule has 0 radical (unpaired) electrons. The molecular weight excluding hydrogens is 220 g/mol. The fraction of sp³-hybridized carbons (Fsp3) is 0.833. The van der Waals surface area contributed by atoms with Crippen LogP contribution in [0.15, 0.2) is 0 Å². The van der Waals surface area contributed by atoms with Crippen molar-refractivity contribution in [2.24, 2.45) is 5.41 Å². The third kappa shape index (κ3) is 1.87. The molecule has 5 nitrogen and oxygen atoms in total. The topological polar surface area (TPSA) is 58.6 Å². The van der Waals surface area contributed by atoms with Crippen LogP contribution in [-0.2, 0) is 14.3 Å². The predicted octanol–water partition coefficient (Wildman–Crippen LogP) is 0.147. The first-order valence-electron chi connectivity index (χ1n) is 5.97. The van der Waals surface area contributed by atoms with E-state index in [-0.39, 0.29) is 41.8 Å². The van der Waals surface area contributed by atoms with E-state index in [1.165, 1.54) is 11.9 Å². The Morgan fingerprint density at radius 3 is 2.47 bits per heavy atom. The second kappa shape index (κ2) is 4.07. The van der Waals surface area contributed by atoms with Gasteiger partial charge in [-0.2, -0.15) is 0 Å². The summed E-state index contributed by atoms with van der Waals surface area (Å²) in [6.07, 6.45) is 1.40. The summed E-state index contributed by atoms with van der Waals surface area (Å²) in [5.41, 5.74) is 0.0131. The van der Waals surface area contributed by atoms with Gasteiger partial charge in [-0.15, -0.1) is 0 Å². The lowest BCUT2D eigenvalue weighted by Gasteiger charge is -2.52. The second-order valence-electron chi connectivity index (χ2n) is 5.55. The molecule has 1 saturated heterocycles. The molecular formula is C12H20N2O3. The van der Waals surface area contributed by atoms with E-state index in [0.29, 0.717) is 0 Å². The lowest BCUT2D eigenvalue weighted by Crippen LogP contribution is -2.63. The predicted molar refractivity (Wildman–Crippen MR) is 62.3 cm³/mol. The van der Waals surface area contributed by atoms with E-state index in [4.69, 9.17) is 4.74 Å². The zero-order valence-electron chi connectivity index (χ0n) is 10.8. The summed E-state index contributed by atoms with van der Waals surface area (Å²) in [5, 5.41) is 3.29. The van der Waals surface area contributed by atoms with Crippen molar-refractivity contribution < 1.29 is 14.3 Å². The van der Waals surface area contributed by atoms with E-state index in [0.717, 1.165) is 6.42 Å². The molecule has 96 valence electrons. The minimum atomic E-state index is -0.352. The Balaban J connectivity index is 1.96. The van der Waals surface area contributed by atoms with E-state index in [1.54, 1.807) is 7.11 Å². The van der Waals surface area contributed by atoms with Crippen molar-refractivity contribution in [3.8, 4) is 0 Å². The number of carbonyl (C=O) groups is 2. The van der Waals surface area contributed by atoms with Crippen LogP contribution in [0.3, 0.4) is 0 Å². The monoisotopic (exact) mass is 240 g/mol. The number of rotatable bonds is 3. The average Bonchev–Trinajstić information content (AvgIpc) is 2.51. The Hall–Kier alpha value is -0.940. The third-order valence-corrected chi connectivity index (χ3v) is 4.25. The van der Waals surface area contributed by atoms with Crippen LogP contribution in [0.1, 0.15) is 26.7 Å². The van der Waals surface area contributed by atoms with Gasteiger partial charge >= 0.3 is 0 Å². The Kier molecular flexibility index (Phi) is 2.99. The van der Waals surface area contributed by atoms with Crippen molar-refractivity contribution in [3.63, 3.8) is 0 Å². The van der Waals surface area contributed by atoms with E-state index < -0.39 is 0 Å². The van der Waals surface area contributed by atoms with Crippen LogP contribution >= 0.6 is 0 Å². The smallest absolute Gasteiger partial charge is 0.246 e. The Morgan fingerprint density at radius 1 is 1.41 bits per heavy atom. The van der Waals surface area contributed by atoms with Gasteiger partial charge in [-0.3, -0.25) is 14.5 Å². The van der Waals surface area contributed by atoms with Gasteiger partial charge in [0.15, 0.2) is 0 Å². The van der Waals surface area contributed by atoms with Gasteiger partial charge in [0.05, 0.1) is 18.6 Å². The number of amides is 2. The first-order chi connectivity index (χ1) is 7.87. The summed E-state index contributed by atoms with van der Waals surface area (Å²) in [6.45, 7) is 4.24. The highest BCUT2D eigenvalue weighted by atomic mass is 16.5. The highest BCUT2D eigenvalue weighted by Gasteiger charge is 2.50. The van der Waals surface area contributed by atoms with Crippen LogP contribution in [0.5, 0.6) is 0 Å². The fourth-order valence-corrected chi connectivity index (χ4v) is 2.70. The SMILES string of the molecule is COC1CC(NC2CC(=O)N(C)C2=O)C1(C)C. The van der Waals surface area contributed by atoms with Gasteiger partial charge in [0, 0.05) is 25.6 Å². The van der Waals surface area contributed by atoms with Gasteiger partial charge in [0.2, 0.25) is 11.8 Å². The number of nitrogens with zero attached hydrogens (tertiary/aromatic N) is 1. The zero-order valence-corrected chi connectivity index (χ0v) is 10.8. The Labute approximate surface area is 101 Å². The number of ether oxygens (including phenoxy) is 1. The van der Waals surface area contributed by atoms with Gasteiger partial charge in [0.25, 0.3) is 0 Å². The molecule has 0 spiro atoms. The zero-order chi connectivity index (χ0) is 12.8. The molecule has 2 amide bonds. The minimum absolute atomic E-state index is 0.0131. The van der Waals surface area contributed by atoms with E-state index in [1.807, 2.05) is 0 Å². The standard InChI is InChI=1S/C12H20N2O3/c1-12(2)8(6-9(12)17-4)13-7-5-10(15)14(3)11(7)16/h7-9,13H,5-6H2,1-4H3. The molecule has 0 aromatic rings. The van der Waals surface area contributed by atoms with Gasteiger partial charge in [0.1, 0.15) is 0 Å². The summed E-state index contributed by atoms with van der Waals surface area (Å²) in [6, 6.07) is -0.115. The molecule has 2 fully saturated rings. The van der Waals surface area contributed by atoms with Crippen molar-refractivity contribution in [2.75, 3.05) is 14.2 Å². The first kappa shape index (κ1) is 12.5. The van der Waals surface area contributed by atoms with Crippen LogP contribution < -0.4 is 5.32 Å². The minimum Gasteiger partial charge on any atom is -0.381 e.